The molecule has 0 aliphatic rings. The molecule has 0 fully saturated rings. The second-order valence-corrected chi connectivity index (χ2v) is 4.95. The number of nitrogens with one attached hydrogen (secondary N) is 1. The summed E-state index contributed by atoms with van der Waals surface area (Å²) in [6, 6.07) is 3.51. The lowest BCUT2D eigenvalue weighted by Crippen LogP contribution is -2.28. The first-order chi connectivity index (χ1) is 8.99. The molecular formula is C12H12N3O3S-. The molecule has 2 heterocycles. The number of amides is 1. The SMILES string of the molecule is Cc1nn(CC(=O)[O-])c(C)c1NC(=O)c1cccs1. The lowest BCUT2D eigenvalue weighted by Gasteiger charge is -2.06. The van der Waals surface area contributed by atoms with Crippen LogP contribution in [0.2, 0.25) is 0 Å². The van der Waals surface area contributed by atoms with Gasteiger partial charge in [-0.2, -0.15) is 5.10 Å². The molecule has 6 nitrogen and oxygen atoms in total. The number of aryl methyl sites for hydroxylation is 1. The summed E-state index contributed by atoms with van der Waals surface area (Å²) in [7, 11) is 0. The Hall–Kier alpha value is -2.15. The molecule has 19 heavy (non-hydrogen) atoms. The number of rotatable bonds is 4. The van der Waals surface area contributed by atoms with Gasteiger partial charge in [-0.05, 0) is 25.3 Å². The molecule has 2 aromatic heterocycles. The summed E-state index contributed by atoms with van der Waals surface area (Å²) in [5.74, 6) is -1.45. The van der Waals surface area contributed by atoms with Crippen molar-refractivity contribution in [2.75, 3.05) is 5.32 Å². The van der Waals surface area contributed by atoms with Crippen LogP contribution in [-0.2, 0) is 11.3 Å². The number of nitrogens with zero attached hydrogens (tertiary/aromatic N) is 2. The van der Waals surface area contributed by atoms with Gasteiger partial charge in [0.25, 0.3) is 5.91 Å². The van der Waals surface area contributed by atoms with E-state index in [-0.39, 0.29) is 12.5 Å². The molecular weight excluding hydrogens is 266 g/mol. The molecule has 0 unspecified atom stereocenters. The zero-order valence-electron chi connectivity index (χ0n) is 10.5. The van der Waals surface area contributed by atoms with Gasteiger partial charge in [-0.25, -0.2) is 0 Å². The Morgan fingerprint density at radius 2 is 2.21 bits per heavy atom. The van der Waals surface area contributed by atoms with Gasteiger partial charge in [0.15, 0.2) is 0 Å². The molecule has 7 heteroatoms. The van der Waals surface area contributed by atoms with E-state index in [0.717, 1.165) is 0 Å². The average molecular weight is 278 g/mol. The highest BCUT2D eigenvalue weighted by Crippen LogP contribution is 2.21. The molecule has 2 aromatic rings. The van der Waals surface area contributed by atoms with Gasteiger partial charge in [-0.15, -0.1) is 11.3 Å². The Morgan fingerprint density at radius 1 is 1.47 bits per heavy atom. The summed E-state index contributed by atoms with van der Waals surface area (Å²) < 4.78 is 1.30. The van der Waals surface area contributed by atoms with E-state index in [4.69, 9.17) is 0 Å². The smallest absolute Gasteiger partial charge is 0.265 e. The average Bonchev–Trinajstić information content (AvgIpc) is 2.93. The molecule has 1 amide bonds. The second-order valence-electron chi connectivity index (χ2n) is 4.01. The molecule has 0 saturated heterocycles. The standard InChI is InChI=1S/C12H13N3O3S/c1-7-11(8(2)15(14-7)6-10(16)17)13-12(18)9-4-3-5-19-9/h3-5H,6H2,1-2H3,(H,13,18)(H,16,17)/p-1. The minimum absolute atomic E-state index is 0.228. The fraction of sp³-hybridized carbons (Fsp3) is 0.250. The van der Waals surface area contributed by atoms with Gasteiger partial charge in [0.2, 0.25) is 0 Å². The third kappa shape index (κ3) is 2.82. The fourth-order valence-corrected chi connectivity index (χ4v) is 2.36. The monoisotopic (exact) mass is 278 g/mol. The molecule has 0 spiro atoms. The number of carbonyl (C=O) groups is 2. The largest absolute Gasteiger partial charge is 0.548 e. The van der Waals surface area contributed by atoms with Gasteiger partial charge < -0.3 is 15.2 Å². The van der Waals surface area contributed by atoms with Crippen LogP contribution in [0.15, 0.2) is 17.5 Å². The van der Waals surface area contributed by atoms with E-state index >= 15 is 0 Å². The number of carboxylic acids is 1. The van der Waals surface area contributed by atoms with Crippen LogP contribution in [0.1, 0.15) is 21.1 Å². The van der Waals surface area contributed by atoms with E-state index in [0.29, 0.717) is 22.0 Å². The highest BCUT2D eigenvalue weighted by Gasteiger charge is 2.15. The molecule has 0 saturated carbocycles. The predicted molar refractivity (Wildman–Crippen MR) is 69.0 cm³/mol. The van der Waals surface area contributed by atoms with Crippen molar-refractivity contribution >= 4 is 28.9 Å². The first-order valence-corrected chi connectivity index (χ1v) is 6.45. The maximum atomic E-state index is 11.9. The Bertz CT molecular complexity index is 616. The van der Waals surface area contributed by atoms with Crippen LogP contribution in [0, 0.1) is 13.8 Å². The zero-order valence-corrected chi connectivity index (χ0v) is 11.3. The van der Waals surface area contributed by atoms with E-state index < -0.39 is 5.97 Å². The summed E-state index contributed by atoms with van der Waals surface area (Å²) in [5.41, 5.74) is 1.70. The van der Waals surface area contributed by atoms with E-state index in [1.807, 2.05) is 5.38 Å². The van der Waals surface area contributed by atoms with E-state index in [1.54, 1.807) is 26.0 Å². The number of anilines is 1. The van der Waals surface area contributed by atoms with Crippen LogP contribution in [0.3, 0.4) is 0 Å². The molecule has 0 radical (unpaired) electrons. The third-order valence-corrected chi connectivity index (χ3v) is 3.51. The highest BCUT2D eigenvalue weighted by molar-refractivity contribution is 7.12. The maximum Gasteiger partial charge on any atom is 0.265 e. The van der Waals surface area contributed by atoms with Crippen LogP contribution in [0.25, 0.3) is 0 Å². The van der Waals surface area contributed by atoms with Crippen molar-refractivity contribution < 1.29 is 14.7 Å². The molecule has 0 aliphatic heterocycles. The molecule has 1 N–H and O–H groups in total. The Morgan fingerprint density at radius 3 is 2.79 bits per heavy atom. The highest BCUT2D eigenvalue weighted by atomic mass is 32.1. The second kappa shape index (κ2) is 5.23. The summed E-state index contributed by atoms with van der Waals surface area (Å²) in [6.45, 7) is 3.08. The number of aliphatic carboxylic acids is 1. The molecule has 0 bridgehead atoms. The summed E-state index contributed by atoms with van der Waals surface area (Å²) >= 11 is 1.34. The number of hydrogen-bond acceptors (Lipinski definition) is 5. The molecule has 2 rings (SSSR count). The van der Waals surface area contributed by atoms with Crippen molar-refractivity contribution in [3.8, 4) is 0 Å². The minimum Gasteiger partial charge on any atom is -0.548 e. The van der Waals surface area contributed by atoms with Gasteiger partial charge in [-0.1, -0.05) is 6.07 Å². The zero-order chi connectivity index (χ0) is 14.0. The van der Waals surface area contributed by atoms with Crippen LogP contribution >= 0.6 is 11.3 Å². The quantitative estimate of drug-likeness (QED) is 0.885. The van der Waals surface area contributed by atoms with E-state index in [2.05, 4.69) is 10.4 Å². The molecule has 0 atom stereocenters. The van der Waals surface area contributed by atoms with Crippen molar-refractivity contribution in [1.82, 2.24) is 9.78 Å². The van der Waals surface area contributed by atoms with E-state index in [1.165, 1.54) is 16.0 Å². The lowest BCUT2D eigenvalue weighted by atomic mass is 10.3. The molecule has 0 aliphatic carbocycles. The topological polar surface area (TPSA) is 87.1 Å². The maximum absolute atomic E-state index is 11.9. The number of carbonyl (C=O) groups excluding carboxylic acids is 2. The van der Waals surface area contributed by atoms with Crippen molar-refractivity contribution in [3.63, 3.8) is 0 Å². The first kappa shape index (κ1) is 13.3. The van der Waals surface area contributed by atoms with Gasteiger partial charge >= 0.3 is 0 Å². The molecule has 100 valence electrons. The molecule has 0 aromatic carbocycles. The van der Waals surface area contributed by atoms with Crippen molar-refractivity contribution in [3.05, 3.63) is 33.8 Å². The lowest BCUT2D eigenvalue weighted by molar-refractivity contribution is -0.306. The number of hydrogen-bond donors (Lipinski definition) is 1. The fourth-order valence-electron chi connectivity index (χ4n) is 1.74. The number of thiophene rings is 1. The Kier molecular flexibility index (Phi) is 3.66. The van der Waals surface area contributed by atoms with E-state index in [9.17, 15) is 14.7 Å². The summed E-state index contributed by atoms with van der Waals surface area (Å²) in [6.07, 6.45) is 0. The Balaban J connectivity index is 2.23. The van der Waals surface area contributed by atoms with Crippen LogP contribution in [0.4, 0.5) is 5.69 Å². The predicted octanol–water partition coefficient (Wildman–Crippen LogP) is 0.564. The summed E-state index contributed by atoms with van der Waals surface area (Å²) in [4.78, 5) is 23.1. The van der Waals surface area contributed by atoms with Crippen LogP contribution < -0.4 is 10.4 Å². The van der Waals surface area contributed by atoms with Crippen molar-refractivity contribution in [1.29, 1.82) is 0 Å². The van der Waals surface area contributed by atoms with Gasteiger partial charge in [-0.3, -0.25) is 9.48 Å². The number of aromatic nitrogens is 2. The van der Waals surface area contributed by atoms with Crippen molar-refractivity contribution in [2.45, 2.75) is 20.4 Å². The van der Waals surface area contributed by atoms with Gasteiger partial charge in [0.1, 0.15) is 0 Å². The first-order valence-electron chi connectivity index (χ1n) is 5.57. The van der Waals surface area contributed by atoms with Gasteiger partial charge in [0, 0.05) is 0 Å². The number of carboxylic acid groups (broad SMARTS) is 1. The minimum atomic E-state index is -1.22. The third-order valence-electron chi connectivity index (χ3n) is 2.64. The normalized spacial score (nSPS) is 10.4. The van der Waals surface area contributed by atoms with Crippen LogP contribution in [-0.4, -0.2) is 21.7 Å². The summed E-state index contributed by atoms with van der Waals surface area (Å²) in [5, 5.41) is 19.2. The van der Waals surface area contributed by atoms with Gasteiger partial charge in [0.05, 0.1) is 34.5 Å². The van der Waals surface area contributed by atoms with Crippen LogP contribution in [0.5, 0.6) is 0 Å². The Labute approximate surface area is 113 Å². The van der Waals surface area contributed by atoms with Crippen molar-refractivity contribution in [2.24, 2.45) is 0 Å².